The lowest BCUT2D eigenvalue weighted by Gasteiger charge is -2.26. The van der Waals surface area contributed by atoms with E-state index in [1.807, 2.05) is 0 Å². The number of ether oxygens (including phenoxy) is 2. The summed E-state index contributed by atoms with van der Waals surface area (Å²) in [5.41, 5.74) is -1.12. The Labute approximate surface area is 140 Å². The summed E-state index contributed by atoms with van der Waals surface area (Å²) in [6.07, 6.45) is 2.96. The molecule has 1 aliphatic rings. The number of aromatic nitrogens is 1. The number of hydrogen-bond acceptors (Lipinski definition) is 7. The second-order valence-corrected chi connectivity index (χ2v) is 7.59. The number of nitrogens with zero attached hydrogens (tertiary/aromatic N) is 2. The molecule has 0 spiro atoms. The summed E-state index contributed by atoms with van der Waals surface area (Å²) < 4.78 is 35.7. The molecule has 2 heterocycles. The quantitative estimate of drug-likeness (QED) is 0.724. The van der Waals surface area contributed by atoms with Crippen molar-refractivity contribution in [2.24, 2.45) is 0 Å². The lowest BCUT2D eigenvalue weighted by atomic mass is 9.93. The predicted molar refractivity (Wildman–Crippen MR) is 83.7 cm³/mol. The third kappa shape index (κ3) is 2.99. The van der Waals surface area contributed by atoms with E-state index >= 15 is 0 Å². The maximum Gasteiger partial charge on any atom is 0.308 e. The highest BCUT2D eigenvalue weighted by Crippen LogP contribution is 2.40. The van der Waals surface area contributed by atoms with Gasteiger partial charge in [-0.1, -0.05) is 6.07 Å². The van der Waals surface area contributed by atoms with Gasteiger partial charge >= 0.3 is 5.97 Å². The molecule has 0 saturated heterocycles. The fraction of sp³-hybridized carbons (Fsp3) is 0.400. The van der Waals surface area contributed by atoms with Gasteiger partial charge in [0.1, 0.15) is 0 Å². The zero-order chi connectivity index (χ0) is 18.1. The van der Waals surface area contributed by atoms with Crippen molar-refractivity contribution < 1.29 is 27.5 Å². The van der Waals surface area contributed by atoms with E-state index in [0.29, 0.717) is 5.56 Å². The first-order chi connectivity index (χ1) is 11.1. The van der Waals surface area contributed by atoms with E-state index in [0.717, 1.165) is 11.2 Å². The van der Waals surface area contributed by atoms with E-state index < -0.39 is 33.1 Å². The fourth-order valence-corrected chi connectivity index (χ4v) is 2.96. The molecule has 0 bridgehead atoms. The molecule has 0 aromatic carbocycles. The molecule has 9 heteroatoms. The summed E-state index contributed by atoms with van der Waals surface area (Å²) in [5.74, 6) is -2.37. The van der Waals surface area contributed by atoms with Crippen molar-refractivity contribution in [1.29, 1.82) is 0 Å². The van der Waals surface area contributed by atoms with Crippen LogP contribution >= 0.6 is 0 Å². The van der Waals surface area contributed by atoms with Crippen molar-refractivity contribution in [2.75, 3.05) is 12.8 Å². The second-order valence-electron chi connectivity index (χ2n) is 5.30. The normalized spacial score (nSPS) is 20.8. The van der Waals surface area contributed by atoms with Gasteiger partial charge in [-0.2, -0.15) is 0 Å². The lowest BCUT2D eigenvalue weighted by molar-refractivity contribution is -0.142. The summed E-state index contributed by atoms with van der Waals surface area (Å²) in [7, 11) is -2.48. The predicted octanol–water partition coefficient (Wildman–Crippen LogP) is 0.910. The van der Waals surface area contributed by atoms with Gasteiger partial charge in [0.2, 0.25) is 21.4 Å². The third-order valence-electron chi connectivity index (χ3n) is 3.66. The molecule has 1 atom stereocenters. The highest BCUT2D eigenvalue weighted by Gasteiger charge is 2.51. The molecule has 1 unspecified atom stereocenters. The van der Waals surface area contributed by atoms with Crippen LogP contribution in [0.5, 0.6) is 0 Å². The van der Waals surface area contributed by atoms with Crippen molar-refractivity contribution in [3.8, 4) is 0 Å². The van der Waals surface area contributed by atoms with Crippen molar-refractivity contribution in [3.05, 3.63) is 41.7 Å². The Morgan fingerprint density at radius 2 is 2.12 bits per heavy atom. The van der Waals surface area contributed by atoms with E-state index in [1.165, 1.54) is 33.3 Å². The highest BCUT2D eigenvalue weighted by molar-refractivity contribution is 7.89. The number of esters is 1. The molecule has 24 heavy (non-hydrogen) atoms. The number of carbonyl (C=O) groups is 2. The Bertz CT molecular complexity index is 803. The van der Waals surface area contributed by atoms with Gasteiger partial charge in [-0.05, 0) is 19.9 Å². The number of hydrogen-bond donors (Lipinski definition) is 0. The zero-order valence-electron chi connectivity index (χ0n) is 13.8. The van der Waals surface area contributed by atoms with Crippen LogP contribution < -0.4 is 0 Å². The summed E-state index contributed by atoms with van der Waals surface area (Å²) in [5, 5.41) is 0. The Morgan fingerprint density at radius 3 is 2.62 bits per heavy atom. The minimum Gasteiger partial charge on any atom is -0.456 e. The zero-order valence-corrected chi connectivity index (χ0v) is 14.6. The number of pyridine rings is 1. The average molecular weight is 354 g/mol. The largest absolute Gasteiger partial charge is 0.456 e. The van der Waals surface area contributed by atoms with Crippen LogP contribution in [-0.4, -0.2) is 42.3 Å². The van der Waals surface area contributed by atoms with E-state index in [1.54, 1.807) is 12.1 Å². The molecular weight excluding hydrogens is 336 g/mol. The molecule has 130 valence electrons. The van der Waals surface area contributed by atoms with E-state index in [9.17, 15) is 18.0 Å². The molecule has 1 aromatic rings. The van der Waals surface area contributed by atoms with E-state index in [-0.39, 0.29) is 11.6 Å². The molecule has 0 radical (unpaired) electrons. The van der Waals surface area contributed by atoms with Gasteiger partial charge in [0, 0.05) is 31.9 Å². The van der Waals surface area contributed by atoms with Gasteiger partial charge in [0.15, 0.2) is 0 Å². The maximum absolute atomic E-state index is 12.8. The fourth-order valence-electron chi connectivity index (χ4n) is 2.20. The smallest absolute Gasteiger partial charge is 0.308 e. The maximum atomic E-state index is 12.8. The monoisotopic (exact) mass is 354 g/mol. The average Bonchev–Trinajstić information content (AvgIpc) is 2.80. The first kappa shape index (κ1) is 17.9. The highest BCUT2D eigenvalue weighted by atomic mass is 32.2. The van der Waals surface area contributed by atoms with Crippen molar-refractivity contribution in [3.63, 3.8) is 0 Å². The molecule has 0 saturated carbocycles. The molecule has 0 amide bonds. The summed E-state index contributed by atoms with van der Waals surface area (Å²) >= 11 is 0. The SMILES string of the molecule is CCS(=O)(=O)N(C)C1=C(OC(C)=O)C(=O)C(C)(c2cccnc2)O1. The first-order valence-electron chi connectivity index (χ1n) is 7.17. The molecule has 1 aromatic heterocycles. The van der Waals surface area contributed by atoms with Gasteiger partial charge in [-0.15, -0.1) is 0 Å². The standard InChI is InChI=1S/C15H18N2O6S/c1-5-24(20,21)17(4)14-12(22-10(2)18)13(19)15(3,23-14)11-7-6-8-16-9-11/h6-9H,5H2,1-4H3. The topological polar surface area (TPSA) is 103 Å². The number of rotatable bonds is 5. The van der Waals surface area contributed by atoms with E-state index in [4.69, 9.17) is 9.47 Å². The molecule has 2 rings (SSSR count). The van der Waals surface area contributed by atoms with Gasteiger partial charge in [0.05, 0.1) is 5.75 Å². The van der Waals surface area contributed by atoms with E-state index in [2.05, 4.69) is 4.98 Å². The molecule has 1 aliphatic heterocycles. The van der Waals surface area contributed by atoms with Crippen LogP contribution in [0.2, 0.25) is 0 Å². The van der Waals surface area contributed by atoms with Crippen LogP contribution in [0.3, 0.4) is 0 Å². The Kier molecular flexibility index (Phi) is 4.66. The van der Waals surface area contributed by atoms with Crippen molar-refractivity contribution in [2.45, 2.75) is 26.4 Å². The minimum absolute atomic E-state index is 0.207. The molecule has 0 N–H and O–H groups in total. The van der Waals surface area contributed by atoms with Crippen LogP contribution in [0, 0.1) is 0 Å². The summed E-state index contributed by atoms with van der Waals surface area (Å²) in [4.78, 5) is 28.1. The molecular formula is C15H18N2O6S. The molecule has 0 aliphatic carbocycles. The van der Waals surface area contributed by atoms with Gasteiger partial charge in [0.25, 0.3) is 11.7 Å². The molecule has 8 nitrogen and oxygen atoms in total. The third-order valence-corrected chi connectivity index (χ3v) is 5.39. The summed E-state index contributed by atoms with van der Waals surface area (Å²) in [6.45, 7) is 4.04. The Hall–Kier alpha value is -2.42. The lowest BCUT2D eigenvalue weighted by Crippen LogP contribution is -2.33. The van der Waals surface area contributed by atoms with Crippen molar-refractivity contribution in [1.82, 2.24) is 9.29 Å². The van der Waals surface area contributed by atoms with Gasteiger partial charge in [-0.25, -0.2) is 12.7 Å². The molecule has 0 fully saturated rings. The van der Waals surface area contributed by atoms with Crippen LogP contribution in [0.25, 0.3) is 0 Å². The number of sulfonamides is 1. The number of Topliss-reactive ketones (excluding diaryl/α,β-unsaturated/α-hetero) is 1. The number of ketones is 1. The number of carbonyl (C=O) groups excluding carboxylic acids is 2. The Balaban J connectivity index is 2.55. The van der Waals surface area contributed by atoms with Gasteiger partial charge in [-0.3, -0.25) is 14.6 Å². The van der Waals surface area contributed by atoms with Crippen LogP contribution in [0.1, 0.15) is 26.3 Å². The van der Waals surface area contributed by atoms with Crippen LogP contribution in [0.15, 0.2) is 36.2 Å². The summed E-state index contributed by atoms with van der Waals surface area (Å²) in [6, 6.07) is 3.24. The second kappa shape index (κ2) is 6.23. The Morgan fingerprint density at radius 1 is 1.46 bits per heavy atom. The van der Waals surface area contributed by atoms with Crippen LogP contribution in [0.4, 0.5) is 0 Å². The minimum atomic E-state index is -3.71. The van der Waals surface area contributed by atoms with Crippen molar-refractivity contribution >= 4 is 21.8 Å². The first-order valence-corrected chi connectivity index (χ1v) is 8.78. The van der Waals surface area contributed by atoms with Gasteiger partial charge < -0.3 is 9.47 Å². The van der Waals surface area contributed by atoms with Crippen LogP contribution in [-0.2, 0) is 34.7 Å².